The lowest BCUT2D eigenvalue weighted by molar-refractivity contribution is -0.122. The Labute approximate surface area is 200 Å². The summed E-state index contributed by atoms with van der Waals surface area (Å²) in [6, 6.07) is 14.0. The summed E-state index contributed by atoms with van der Waals surface area (Å²) >= 11 is 0. The molecule has 2 amide bonds. The van der Waals surface area contributed by atoms with E-state index in [1.165, 1.54) is 16.4 Å². The van der Waals surface area contributed by atoms with Gasteiger partial charge in [-0.05, 0) is 48.2 Å². The molecule has 8 nitrogen and oxygen atoms in total. The van der Waals surface area contributed by atoms with Crippen LogP contribution in [0.4, 0.5) is 11.4 Å². The third-order valence-electron chi connectivity index (χ3n) is 6.60. The summed E-state index contributed by atoms with van der Waals surface area (Å²) in [4.78, 5) is 27.6. The van der Waals surface area contributed by atoms with Crippen LogP contribution in [0.1, 0.15) is 38.2 Å². The van der Waals surface area contributed by atoms with Crippen molar-refractivity contribution in [3.8, 4) is 0 Å². The maximum atomic E-state index is 12.9. The molecule has 2 fully saturated rings. The molecule has 4 rings (SSSR count). The average molecular weight is 486 g/mol. The summed E-state index contributed by atoms with van der Waals surface area (Å²) < 4.78 is 32.2. The van der Waals surface area contributed by atoms with Gasteiger partial charge in [-0.1, -0.05) is 32.0 Å². The molecule has 2 heterocycles. The highest BCUT2D eigenvalue weighted by Crippen LogP contribution is 2.33. The lowest BCUT2D eigenvalue weighted by atomic mass is 9.96. The first-order chi connectivity index (χ1) is 16.3. The predicted octanol–water partition coefficient (Wildman–Crippen LogP) is 3.21. The molecule has 2 saturated heterocycles. The van der Waals surface area contributed by atoms with Crippen molar-refractivity contribution < 1.29 is 22.7 Å². The fraction of sp³-hybridized carbons (Fsp3) is 0.440. The molecular weight excluding hydrogens is 454 g/mol. The van der Waals surface area contributed by atoms with Gasteiger partial charge in [0.15, 0.2) is 0 Å². The second-order valence-corrected chi connectivity index (χ2v) is 10.7. The number of nitrogens with one attached hydrogen (secondary N) is 1. The van der Waals surface area contributed by atoms with Crippen LogP contribution in [-0.2, 0) is 24.3 Å². The number of benzene rings is 2. The lowest BCUT2D eigenvalue weighted by Gasteiger charge is -2.26. The molecule has 34 heavy (non-hydrogen) atoms. The first-order valence-electron chi connectivity index (χ1n) is 11.7. The van der Waals surface area contributed by atoms with Gasteiger partial charge in [-0.15, -0.1) is 0 Å². The number of nitrogens with zero attached hydrogens (tertiary/aromatic N) is 2. The summed E-state index contributed by atoms with van der Waals surface area (Å²) in [6.07, 6.45) is 1.10. The Morgan fingerprint density at radius 2 is 1.79 bits per heavy atom. The van der Waals surface area contributed by atoms with Gasteiger partial charge in [0.25, 0.3) is 0 Å². The molecule has 2 aliphatic heterocycles. The summed E-state index contributed by atoms with van der Waals surface area (Å²) in [5, 5.41) is 2.84. The Hall–Kier alpha value is -2.75. The second kappa shape index (κ2) is 10.2. The number of para-hydroxylation sites is 1. The van der Waals surface area contributed by atoms with E-state index in [0.29, 0.717) is 44.5 Å². The monoisotopic (exact) mass is 485 g/mol. The molecule has 1 N–H and O–H groups in total. The Morgan fingerprint density at radius 1 is 1.12 bits per heavy atom. The van der Waals surface area contributed by atoms with Crippen molar-refractivity contribution in [3.05, 3.63) is 54.1 Å². The number of carbonyl (C=O) groups is 2. The second-order valence-electron chi connectivity index (χ2n) is 8.80. The highest BCUT2D eigenvalue weighted by molar-refractivity contribution is 7.89. The molecule has 0 aromatic heterocycles. The number of rotatable bonds is 7. The van der Waals surface area contributed by atoms with Crippen LogP contribution in [0, 0.1) is 5.92 Å². The predicted molar refractivity (Wildman–Crippen MR) is 130 cm³/mol. The van der Waals surface area contributed by atoms with Gasteiger partial charge < -0.3 is 15.0 Å². The van der Waals surface area contributed by atoms with E-state index in [1.54, 1.807) is 17.0 Å². The molecule has 0 radical (unpaired) electrons. The zero-order valence-electron chi connectivity index (χ0n) is 19.6. The fourth-order valence-electron chi connectivity index (χ4n) is 4.38. The van der Waals surface area contributed by atoms with Crippen molar-refractivity contribution in [1.82, 2.24) is 4.31 Å². The van der Waals surface area contributed by atoms with Crippen molar-refractivity contribution in [2.75, 3.05) is 43.1 Å². The van der Waals surface area contributed by atoms with E-state index >= 15 is 0 Å². The molecule has 0 aliphatic carbocycles. The first kappa shape index (κ1) is 24.4. The largest absolute Gasteiger partial charge is 0.379 e. The molecule has 0 spiro atoms. The smallest absolute Gasteiger partial charge is 0.243 e. The molecular formula is C25H31N3O5S. The van der Waals surface area contributed by atoms with Crippen LogP contribution in [0.15, 0.2) is 53.4 Å². The van der Waals surface area contributed by atoms with Gasteiger partial charge in [0.05, 0.1) is 24.0 Å². The van der Waals surface area contributed by atoms with Gasteiger partial charge in [0.1, 0.15) is 0 Å². The summed E-state index contributed by atoms with van der Waals surface area (Å²) in [5.74, 6) is -0.484. The van der Waals surface area contributed by atoms with E-state index in [1.807, 2.05) is 24.3 Å². The van der Waals surface area contributed by atoms with E-state index in [9.17, 15) is 18.0 Å². The maximum Gasteiger partial charge on any atom is 0.243 e. The van der Waals surface area contributed by atoms with E-state index in [2.05, 4.69) is 19.2 Å². The molecule has 2 aliphatic rings. The maximum absolute atomic E-state index is 12.9. The number of amides is 2. The standard InChI is InChI=1S/C25H31N3O5S/c1-3-18(2)22-6-4-5-7-23(22)28-17-19(16-24(28)29)25(30)26-20-8-10-21(11-9-20)34(31,32)27-12-14-33-15-13-27/h4-11,18-19H,3,12-17H2,1-2H3,(H,26,30)/t18-,19+/m1/s1. The van der Waals surface area contributed by atoms with E-state index in [0.717, 1.165) is 17.7 Å². The first-order valence-corrected chi connectivity index (χ1v) is 13.1. The molecule has 0 unspecified atom stereocenters. The van der Waals surface area contributed by atoms with Crippen molar-refractivity contribution in [2.24, 2.45) is 5.92 Å². The minimum atomic E-state index is -3.59. The molecule has 2 aromatic carbocycles. The van der Waals surface area contributed by atoms with Gasteiger partial charge in [0, 0.05) is 37.4 Å². The highest BCUT2D eigenvalue weighted by Gasteiger charge is 2.36. The molecule has 9 heteroatoms. The molecule has 0 bridgehead atoms. The molecule has 2 aromatic rings. The van der Waals surface area contributed by atoms with Crippen LogP contribution >= 0.6 is 0 Å². The van der Waals surface area contributed by atoms with E-state index in [-0.39, 0.29) is 23.1 Å². The van der Waals surface area contributed by atoms with Crippen LogP contribution in [-0.4, -0.2) is 57.4 Å². The summed E-state index contributed by atoms with van der Waals surface area (Å²) in [7, 11) is -3.59. The topological polar surface area (TPSA) is 96.0 Å². The van der Waals surface area contributed by atoms with Crippen molar-refractivity contribution in [2.45, 2.75) is 37.5 Å². The number of hydrogen-bond donors (Lipinski definition) is 1. The summed E-state index contributed by atoms with van der Waals surface area (Å²) in [5.41, 5.74) is 2.48. The Kier molecular flexibility index (Phi) is 7.35. The molecule has 0 saturated carbocycles. The van der Waals surface area contributed by atoms with Crippen LogP contribution in [0.2, 0.25) is 0 Å². The van der Waals surface area contributed by atoms with Gasteiger partial charge in [-0.2, -0.15) is 4.31 Å². The van der Waals surface area contributed by atoms with Crippen LogP contribution in [0.3, 0.4) is 0 Å². The molecule has 2 atom stereocenters. The number of sulfonamides is 1. The minimum Gasteiger partial charge on any atom is -0.379 e. The van der Waals surface area contributed by atoms with Gasteiger partial charge in [-0.3, -0.25) is 9.59 Å². The normalized spacial score (nSPS) is 20.4. The van der Waals surface area contributed by atoms with Crippen LogP contribution in [0.25, 0.3) is 0 Å². The van der Waals surface area contributed by atoms with Crippen molar-refractivity contribution in [1.29, 1.82) is 0 Å². The number of anilines is 2. The van der Waals surface area contributed by atoms with Gasteiger partial charge in [-0.25, -0.2) is 8.42 Å². The van der Waals surface area contributed by atoms with Crippen LogP contribution in [0.5, 0.6) is 0 Å². The average Bonchev–Trinajstić information content (AvgIpc) is 3.26. The zero-order chi connectivity index (χ0) is 24.3. The Morgan fingerprint density at radius 3 is 2.47 bits per heavy atom. The van der Waals surface area contributed by atoms with E-state index < -0.39 is 15.9 Å². The Balaban J connectivity index is 1.42. The summed E-state index contributed by atoms with van der Waals surface area (Å²) in [6.45, 7) is 5.98. The van der Waals surface area contributed by atoms with Crippen molar-refractivity contribution in [3.63, 3.8) is 0 Å². The zero-order valence-corrected chi connectivity index (χ0v) is 20.4. The van der Waals surface area contributed by atoms with Gasteiger partial charge >= 0.3 is 0 Å². The third kappa shape index (κ3) is 5.01. The van der Waals surface area contributed by atoms with Crippen molar-refractivity contribution >= 4 is 33.2 Å². The fourth-order valence-corrected chi connectivity index (χ4v) is 5.78. The third-order valence-corrected chi connectivity index (χ3v) is 8.51. The minimum absolute atomic E-state index is 0.0668. The van der Waals surface area contributed by atoms with E-state index in [4.69, 9.17) is 4.74 Å². The number of carbonyl (C=O) groups excluding carboxylic acids is 2. The number of hydrogen-bond acceptors (Lipinski definition) is 5. The molecule has 182 valence electrons. The van der Waals surface area contributed by atoms with Crippen LogP contribution < -0.4 is 10.2 Å². The quantitative estimate of drug-likeness (QED) is 0.650. The number of ether oxygens (including phenoxy) is 1. The van der Waals surface area contributed by atoms with Gasteiger partial charge in [0.2, 0.25) is 21.8 Å². The Bertz CT molecular complexity index is 1140. The lowest BCUT2D eigenvalue weighted by Crippen LogP contribution is -2.40. The highest BCUT2D eigenvalue weighted by atomic mass is 32.2. The SMILES string of the molecule is CC[C@@H](C)c1ccccc1N1C[C@@H](C(=O)Nc2ccc(S(=O)(=O)N3CCOCC3)cc2)CC1=O. The number of morpholine rings is 1.